The zero-order chi connectivity index (χ0) is 34.8. The van der Waals surface area contributed by atoms with Crippen LogP contribution in [0.4, 0.5) is 0 Å². The summed E-state index contributed by atoms with van der Waals surface area (Å²) in [6.07, 6.45) is 2.68. The fraction of sp³-hybridized carbons (Fsp3) is 0.548. The number of aliphatic carboxylic acids is 1. The molecule has 258 valence electrons. The Morgan fingerprint density at radius 1 is 0.894 bits per heavy atom. The molecular formula is C31H45N7O9. The van der Waals surface area contributed by atoms with Gasteiger partial charge >= 0.3 is 5.97 Å². The fourth-order valence-electron chi connectivity index (χ4n) is 5.46. The van der Waals surface area contributed by atoms with Crippen LogP contribution in [0.5, 0.6) is 0 Å². The number of aromatic nitrogens is 1. The van der Waals surface area contributed by atoms with E-state index in [1.165, 1.54) is 11.8 Å². The summed E-state index contributed by atoms with van der Waals surface area (Å²) in [5.74, 6) is -5.13. The second-order valence-corrected chi connectivity index (χ2v) is 12.1. The van der Waals surface area contributed by atoms with Crippen LogP contribution in [0, 0.1) is 5.92 Å². The van der Waals surface area contributed by atoms with E-state index in [1.807, 2.05) is 19.9 Å². The maximum absolute atomic E-state index is 13.4. The lowest BCUT2D eigenvalue weighted by molar-refractivity contribution is -0.143. The van der Waals surface area contributed by atoms with Crippen LogP contribution in [-0.2, 0) is 35.2 Å². The second kappa shape index (κ2) is 16.9. The summed E-state index contributed by atoms with van der Waals surface area (Å²) in [4.78, 5) is 81.7. The molecule has 47 heavy (non-hydrogen) atoms. The minimum absolute atomic E-state index is 0.0733. The van der Waals surface area contributed by atoms with Gasteiger partial charge in [0.1, 0.15) is 30.2 Å². The molecule has 0 bridgehead atoms. The lowest BCUT2D eigenvalue weighted by Crippen LogP contribution is -2.60. The number of nitrogens with one attached hydrogen (secondary N) is 5. The molecule has 0 radical (unpaired) electrons. The molecule has 3 rings (SSSR count). The number of hydrogen-bond acceptors (Lipinski definition) is 9. The molecule has 0 unspecified atom stereocenters. The number of likely N-dealkylation sites (tertiary alicyclic amines) is 1. The number of para-hydroxylation sites is 1. The van der Waals surface area contributed by atoms with Gasteiger partial charge in [0.05, 0.1) is 19.3 Å². The van der Waals surface area contributed by atoms with E-state index in [0.717, 1.165) is 10.9 Å². The number of rotatable bonds is 16. The molecule has 0 spiro atoms. The number of nitrogens with zero attached hydrogens (tertiary/aromatic N) is 1. The van der Waals surface area contributed by atoms with E-state index in [2.05, 4.69) is 26.3 Å². The zero-order valence-corrected chi connectivity index (χ0v) is 26.7. The standard InChI is InChI=1S/C31H45N7O9/c1-16(2)11-21(35-29(44)25-9-6-10-38(25)30(45)17(3)32)26(41)36-23(14-39)28(43)34-22(27(42)37-24(15-40)31(46)47)12-18-13-33-20-8-5-4-7-19(18)20/h4-5,7-8,13,16-17,21-25,33,39-40H,6,9-12,14-15,32H2,1-3H3,(H,34,43)(H,35,44)(H,36,41)(H,37,42)(H,46,47)/t17-,21-,22-,23-,24-,25-/m0/s1. The molecule has 0 aliphatic carbocycles. The van der Waals surface area contributed by atoms with E-state index in [4.69, 9.17) is 5.73 Å². The molecule has 1 aliphatic rings. The van der Waals surface area contributed by atoms with Gasteiger partial charge in [0.15, 0.2) is 0 Å². The van der Waals surface area contributed by atoms with Gasteiger partial charge in [-0.3, -0.25) is 24.0 Å². The summed E-state index contributed by atoms with van der Waals surface area (Å²) >= 11 is 0. The summed E-state index contributed by atoms with van der Waals surface area (Å²) < 4.78 is 0. The Balaban J connectivity index is 1.77. The number of carbonyl (C=O) groups excluding carboxylic acids is 5. The lowest BCUT2D eigenvalue weighted by Gasteiger charge is -2.29. The first-order valence-electron chi connectivity index (χ1n) is 15.5. The van der Waals surface area contributed by atoms with Crippen LogP contribution in [-0.4, -0.2) is 117 Å². The van der Waals surface area contributed by atoms with Crippen molar-refractivity contribution in [1.29, 1.82) is 0 Å². The molecule has 16 nitrogen and oxygen atoms in total. The van der Waals surface area contributed by atoms with Crippen LogP contribution in [0.1, 0.15) is 45.6 Å². The van der Waals surface area contributed by atoms with Gasteiger partial charge in [-0.05, 0) is 43.7 Å². The number of H-pyrrole nitrogens is 1. The van der Waals surface area contributed by atoms with Gasteiger partial charge in [0.2, 0.25) is 29.5 Å². The molecule has 5 amide bonds. The normalized spacial score (nSPS) is 17.8. The van der Waals surface area contributed by atoms with E-state index in [-0.39, 0.29) is 24.7 Å². The number of carbonyl (C=O) groups is 6. The highest BCUT2D eigenvalue weighted by atomic mass is 16.4. The monoisotopic (exact) mass is 659 g/mol. The first-order valence-corrected chi connectivity index (χ1v) is 15.5. The van der Waals surface area contributed by atoms with E-state index in [0.29, 0.717) is 24.9 Å². The molecule has 1 saturated heterocycles. The predicted molar refractivity (Wildman–Crippen MR) is 169 cm³/mol. The predicted octanol–water partition coefficient (Wildman–Crippen LogP) is -1.90. The van der Waals surface area contributed by atoms with Gasteiger partial charge in [-0.2, -0.15) is 0 Å². The maximum atomic E-state index is 13.4. The number of aromatic amines is 1. The summed E-state index contributed by atoms with van der Waals surface area (Å²) in [6.45, 7) is 3.77. The van der Waals surface area contributed by atoms with Crippen molar-refractivity contribution in [2.75, 3.05) is 19.8 Å². The molecule has 1 aromatic heterocycles. The Morgan fingerprint density at radius 2 is 1.49 bits per heavy atom. The first-order chi connectivity index (χ1) is 22.3. The van der Waals surface area contributed by atoms with Crippen LogP contribution in [0.15, 0.2) is 30.5 Å². The van der Waals surface area contributed by atoms with Crippen molar-refractivity contribution in [2.24, 2.45) is 11.7 Å². The molecule has 1 fully saturated rings. The van der Waals surface area contributed by atoms with Gasteiger partial charge in [-0.25, -0.2) is 4.79 Å². The minimum Gasteiger partial charge on any atom is -0.480 e. The SMILES string of the molecule is CC(C)C[C@H](NC(=O)[C@@H]1CCCN1C(=O)[C@H](C)N)C(=O)N[C@@H](CO)C(=O)N[C@@H](Cc1c[nH]c2ccccc12)C(=O)N[C@@H](CO)C(=O)O. The van der Waals surface area contributed by atoms with E-state index in [9.17, 15) is 44.1 Å². The van der Waals surface area contributed by atoms with Gasteiger partial charge < -0.3 is 52.2 Å². The van der Waals surface area contributed by atoms with Crippen molar-refractivity contribution in [1.82, 2.24) is 31.2 Å². The highest BCUT2D eigenvalue weighted by molar-refractivity contribution is 5.97. The third-order valence-electron chi connectivity index (χ3n) is 7.91. The Hall–Kier alpha value is -4.54. The largest absolute Gasteiger partial charge is 0.480 e. The van der Waals surface area contributed by atoms with Gasteiger partial charge in [0, 0.05) is 30.1 Å². The number of carboxylic acids is 1. The van der Waals surface area contributed by atoms with Gasteiger partial charge in [0.25, 0.3) is 0 Å². The number of carboxylic acid groups (broad SMARTS) is 1. The molecule has 1 aliphatic heterocycles. The highest BCUT2D eigenvalue weighted by Crippen LogP contribution is 2.20. The van der Waals surface area contributed by atoms with Crippen LogP contribution in [0.3, 0.4) is 0 Å². The van der Waals surface area contributed by atoms with E-state index >= 15 is 0 Å². The molecule has 6 atom stereocenters. The Kier molecular flexibility index (Phi) is 13.2. The highest BCUT2D eigenvalue weighted by Gasteiger charge is 2.37. The van der Waals surface area contributed by atoms with Gasteiger partial charge in [-0.15, -0.1) is 0 Å². The van der Waals surface area contributed by atoms with Crippen molar-refractivity contribution in [3.05, 3.63) is 36.0 Å². The van der Waals surface area contributed by atoms with Crippen molar-refractivity contribution < 1.29 is 44.1 Å². The van der Waals surface area contributed by atoms with Gasteiger partial charge in [-0.1, -0.05) is 32.0 Å². The van der Waals surface area contributed by atoms with Crippen molar-refractivity contribution in [3.63, 3.8) is 0 Å². The van der Waals surface area contributed by atoms with Crippen LogP contribution >= 0.6 is 0 Å². The van der Waals surface area contributed by atoms with E-state index in [1.54, 1.807) is 24.4 Å². The maximum Gasteiger partial charge on any atom is 0.328 e. The Labute approximate surface area is 271 Å². The minimum atomic E-state index is -1.64. The summed E-state index contributed by atoms with van der Waals surface area (Å²) in [5.41, 5.74) is 7.11. The van der Waals surface area contributed by atoms with Crippen molar-refractivity contribution in [2.45, 2.75) is 82.7 Å². The van der Waals surface area contributed by atoms with Crippen molar-refractivity contribution in [3.8, 4) is 0 Å². The fourth-order valence-corrected chi connectivity index (χ4v) is 5.46. The topological polar surface area (TPSA) is 256 Å². The zero-order valence-electron chi connectivity index (χ0n) is 26.7. The smallest absolute Gasteiger partial charge is 0.328 e. The number of benzene rings is 1. The average molecular weight is 660 g/mol. The molecular weight excluding hydrogens is 614 g/mol. The second-order valence-electron chi connectivity index (χ2n) is 12.1. The molecule has 2 aromatic rings. The Bertz CT molecular complexity index is 1440. The van der Waals surface area contributed by atoms with Crippen LogP contribution < -0.4 is 27.0 Å². The number of nitrogens with two attached hydrogens (primary N) is 1. The number of fused-ring (bicyclic) bond motifs is 1. The molecule has 16 heteroatoms. The summed E-state index contributed by atoms with van der Waals surface area (Å²) in [5, 5.41) is 39.4. The molecule has 1 aromatic carbocycles. The number of aliphatic hydroxyl groups is 2. The summed E-state index contributed by atoms with van der Waals surface area (Å²) in [6, 6.07) is -0.114. The lowest BCUT2D eigenvalue weighted by atomic mass is 10.0. The third kappa shape index (κ3) is 9.73. The number of amides is 5. The average Bonchev–Trinajstić information content (AvgIpc) is 3.68. The first kappa shape index (κ1) is 36.9. The summed E-state index contributed by atoms with van der Waals surface area (Å²) in [7, 11) is 0. The number of hydrogen-bond donors (Lipinski definition) is 9. The molecule has 0 saturated carbocycles. The van der Waals surface area contributed by atoms with Crippen LogP contribution in [0.2, 0.25) is 0 Å². The quantitative estimate of drug-likeness (QED) is 0.0967. The van der Waals surface area contributed by atoms with Crippen molar-refractivity contribution >= 4 is 46.4 Å². The third-order valence-corrected chi connectivity index (χ3v) is 7.91. The van der Waals surface area contributed by atoms with Crippen LogP contribution in [0.25, 0.3) is 10.9 Å². The van der Waals surface area contributed by atoms with E-state index < -0.39 is 79.1 Å². The number of aliphatic hydroxyl groups excluding tert-OH is 2. The molecule has 10 N–H and O–H groups in total. The molecule has 2 heterocycles. The Morgan fingerprint density at radius 3 is 2.11 bits per heavy atom.